The van der Waals surface area contributed by atoms with Crippen molar-refractivity contribution in [2.75, 3.05) is 7.11 Å². The second kappa shape index (κ2) is 3.69. The smallest absolute Gasteiger partial charge is 0.344 e. The molecule has 90 valence electrons. The van der Waals surface area contributed by atoms with E-state index in [-0.39, 0.29) is 11.3 Å². The third-order valence-electron chi connectivity index (χ3n) is 2.55. The summed E-state index contributed by atoms with van der Waals surface area (Å²) in [6.07, 6.45) is 0. The molecule has 0 radical (unpaired) electrons. The molecule has 0 fully saturated rings. The molecular weight excluding hydrogens is 224 g/mol. The van der Waals surface area contributed by atoms with Crippen molar-refractivity contribution in [3.8, 4) is 0 Å². The van der Waals surface area contributed by atoms with Crippen molar-refractivity contribution in [1.82, 2.24) is 14.8 Å². The molecule has 0 saturated carbocycles. The number of hydrogen-bond donors (Lipinski definition) is 0. The van der Waals surface area contributed by atoms with E-state index in [1.54, 1.807) is 14.0 Å². The lowest BCUT2D eigenvalue weighted by Crippen LogP contribution is -2.36. The zero-order valence-electron chi connectivity index (χ0n) is 10.0. The van der Waals surface area contributed by atoms with E-state index in [1.165, 1.54) is 23.3 Å². The van der Waals surface area contributed by atoms with E-state index in [2.05, 4.69) is 15.0 Å². The Morgan fingerprint density at radius 1 is 1.53 bits per heavy atom. The number of tetrazole rings is 1. The number of carbonyl (C=O) groups is 1. The van der Waals surface area contributed by atoms with E-state index < -0.39 is 5.97 Å². The van der Waals surface area contributed by atoms with Crippen LogP contribution in [0.15, 0.2) is 0 Å². The largest absolute Gasteiger partial charge is 0.873 e. The van der Waals surface area contributed by atoms with Gasteiger partial charge in [0.05, 0.1) is 7.11 Å². The van der Waals surface area contributed by atoms with Crippen LogP contribution in [0.3, 0.4) is 0 Å². The van der Waals surface area contributed by atoms with Gasteiger partial charge in [-0.25, -0.2) is 4.79 Å². The summed E-state index contributed by atoms with van der Waals surface area (Å²) in [6.45, 7) is 3.10. The molecule has 0 amide bonds. The number of ether oxygens (including phenoxy) is 1. The Morgan fingerprint density at radius 3 is 2.71 bits per heavy atom. The second-order valence-corrected chi connectivity index (χ2v) is 3.71. The molecule has 0 atom stereocenters. The minimum Gasteiger partial charge on any atom is -0.873 e. The molecule has 2 rings (SSSR count). The van der Waals surface area contributed by atoms with Crippen LogP contribution in [0.1, 0.15) is 22.8 Å². The molecule has 7 nitrogen and oxygen atoms in total. The minimum atomic E-state index is -0.520. The molecule has 0 bridgehead atoms. The number of aromatic nitrogens is 4. The molecule has 0 aliphatic rings. The standard InChI is InChI=1S/C10H12N4O3/c1-5-7(10(16)17-4)9-11-13(3)12-14(9)8(5)6(2)15/h1-4H3. The van der Waals surface area contributed by atoms with Gasteiger partial charge in [0.1, 0.15) is 23.2 Å². The summed E-state index contributed by atoms with van der Waals surface area (Å²) in [6, 6.07) is 0. The monoisotopic (exact) mass is 236 g/mol. The van der Waals surface area contributed by atoms with Gasteiger partial charge in [0, 0.05) is 5.56 Å². The van der Waals surface area contributed by atoms with Gasteiger partial charge in [0.25, 0.3) is 0 Å². The van der Waals surface area contributed by atoms with Crippen LogP contribution < -0.4 is 15.3 Å². The summed E-state index contributed by atoms with van der Waals surface area (Å²) < 4.78 is 6.05. The van der Waals surface area contributed by atoms with Crippen LogP contribution in [0.5, 0.6) is 0 Å². The molecule has 2 heterocycles. The number of fused-ring (bicyclic) bond motifs is 1. The summed E-state index contributed by atoms with van der Waals surface area (Å²) in [5.74, 6) is -0.693. The summed E-state index contributed by atoms with van der Waals surface area (Å²) in [5.41, 5.74) is 1.16. The summed E-state index contributed by atoms with van der Waals surface area (Å²) >= 11 is 0. The lowest BCUT2D eigenvalue weighted by atomic mass is 10.2. The Morgan fingerprint density at radius 2 is 2.18 bits per heavy atom. The van der Waals surface area contributed by atoms with Crippen LogP contribution in [0, 0.1) is 6.92 Å². The first kappa shape index (κ1) is 11.3. The average Bonchev–Trinajstić information content (AvgIpc) is 2.70. The molecule has 7 heteroatoms. The molecule has 2 aromatic heterocycles. The number of esters is 1. The van der Waals surface area contributed by atoms with Gasteiger partial charge in [-0.05, 0) is 16.8 Å². The van der Waals surface area contributed by atoms with Crippen molar-refractivity contribution in [3.63, 3.8) is 0 Å². The summed E-state index contributed by atoms with van der Waals surface area (Å²) in [4.78, 5) is 13.0. The number of hydrogen-bond acceptors (Lipinski definition) is 5. The maximum Gasteiger partial charge on any atom is 0.344 e. The molecule has 0 N–H and O–H groups in total. The normalized spacial score (nSPS) is 12.9. The van der Waals surface area contributed by atoms with Crippen molar-refractivity contribution >= 4 is 17.4 Å². The lowest BCUT2D eigenvalue weighted by Gasteiger charge is -1.99. The average molecular weight is 236 g/mol. The van der Waals surface area contributed by atoms with Gasteiger partial charge in [0.15, 0.2) is 0 Å². The summed E-state index contributed by atoms with van der Waals surface area (Å²) in [5, 5.41) is 20.0. The van der Waals surface area contributed by atoms with Gasteiger partial charge in [-0.15, -0.1) is 0 Å². The number of methoxy groups -OCH3 is 1. The predicted octanol–water partition coefficient (Wildman–Crippen LogP) is -2.14. The zero-order valence-corrected chi connectivity index (χ0v) is 10.0. The molecule has 0 aromatic carbocycles. The van der Waals surface area contributed by atoms with Crippen LogP contribution >= 0.6 is 0 Å². The van der Waals surface area contributed by atoms with Crippen LogP contribution in [-0.4, -0.2) is 27.9 Å². The Kier molecular flexibility index (Phi) is 2.45. The maximum absolute atomic E-state index is 11.7. The van der Waals surface area contributed by atoms with Crippen molar-refractivity contribution in [1.29, 1.82) is 0 Å². The van der Waals surface area contributed by atoms with Crippen molar-refractivity contribution in [3.05, 3.63) is 16.5 Å². The van der Waals surface area contributed by atoms with Gasteiger partial charge < -0.3 is 9.84 Å². The second-order valence-electron chi connectivity index (χ2n) is 3.71. The number of carbonyl (C=O) groups excluding carboxylic acids is 1. The highest BCUT2D eigenvalue weighted by Gasteiger charge is 2.27. The topological polar surface area (TPSA) is 83.4 Å². The fourth-order valence-electron chi connectivity index (χ4n) is 1.88. The Balaban J connectivity index is 2.99. The van der Waals surface area contributed by atoms with Gasteiger partial charge in [-0.1, -0.05) is 17.2 Å². The van der Waals surface area contributed by atoms with Crippen LogP contribution in [0.25, 0.3) is 11.4 Å². The highest BCUT2D eigenvalue weighted by molar-refractivity contribution is 5.97. The third-order valence-corrected chi connectivity index (χ3v) is 2.55. The highest BCUT2D eigenvalue weighted by atomic mass is 16.5. The molecule has 0 saturated heterocycles. The van der Waals surface area contributed by atoms with Crippen LogP contribution in [0.2, 0.25) is 0 Å². The first-order valence-corrected chi connectivity index (χ1v) is 4.99. The minimum absolute atomic E-state index is 0.173. The number of aryl methyl sites for hydroxylation is 1. The number of nitrogens with zero attached hydrogens (tertiary/aromatic N) is 4. The van der Waals surface area contributed by atoms with Crippen LogP contribution in [-0.2, 0) is 11.8 Å². The van der Waals surface area contributed by atoms with Crippen molar-refractivity contribution < 1.29 is 19.4 Å². The van der Waals surface area contributed by atoms with Gasteiger partial charge in [0.2, 0.25) is 0 Å². The SMILES string of the molecule is COC(=O)c1c(C)/c(=C(\C)[O-])n2n[n+](C)nc12. The lowest BCUT2D eigenvalue weighted by molar-refractivity contribution is -0.784. The Bertz CT molecular complexity index is 655. The van der Waals surface area contributed by atoms with E-state index >= 15 is 0 Å². The molecule has 2 aromatic rings. The predicted molar refractivity (Wildman–Crippen MR) is 54.5 cm³/mol. The molecule has 17 heavy (non-hydrogen) atoms. The van der Waals surface area contributed by atoms with Gasteiger partial charge >= 0.3 is 11.6 Å². The van der Waals surface area contributed by atoms with E-state index in [0.717, 1.165) is 0 Å². The fourth-order valence-corrected chi connectivity index (χ4v) is 1.88. The Hall–Kier alpha value is -2.18. The zero-order chi connectivity index (χ0) is 12.7. The third kappa shape index (κ3) is 1.50. The molecule has 0 aliphatic carbocycles. The van der Waals surface area contributed by atoms with Gasteiger partial charge in [-0.3, -0.25) is 0 Å². The van der Waals surface area contributed by atoms with E-state index in [4.69, 9.17) is 0 Å². The molecule has 0 spiro atoms. The van der Waals surface area contributed by atoms with E-state index in [9.17, 15) is 9.90 Å². The van der Waals surface area contributed by atoms with Crippen LogP contribution in [0.4, 0.5) is 0 Å². The van der Waals surface area contributed by atoms with E-state index in [1.807, 2.05) is 0 Å². The fraction of sp³-hybridized carbons (Fsp3) is 0.400. The van der Waals surface area contributed by atoms with Crippen molar-refractivity contribution in [2.45, 2.75) is 13.8 Å². The molecule has 0 unspecified atom stereocenters. The van der Waals surface area contributed by atoms with Crippen molar-refractivity contribution in [2.24, 2.45) is 7.05 Å². The molecular formula is C10H12N4O3. The maximum atomic E-state index is 11.7. The Labute approximate surface area is 96.9 Å². The quantitative estimate of drug-likeness (QED) is 0.416. The first-order valence-electron chi connectivity index (χ1n) is 4.99. The first-order chi connectivity index (χ1) is 7.97. The molecule has 0 aliphatic heterocycles. The summed E-state index contributed by atoms with van der Waals surface area (Å²) in [7, 11) is 2.91. The van der Waals surface area contributed by atoms with E-state index in [0.29, 0.717) is 16.6 Å². The highest BCUT2D eigenvalue weighted by Crippen LogP contribution is 2.11. The van der Waals surface area contributed by atoms with Gasteiger partial charge in [-0.2, -0.15) is 0 Å². The number of rotatable bonds is 1.